The Morgan fingerprint density at radius 1 is 1.10 bits per heavy atom. The molecule has 0 aromatic heterocycles. The van der Waals surface area contributed by atoms with Crippen molar-refractivity contribution >= 4 is 52.7 Å². The lowest BCUT2D eigenvalue weighted by Crippen LogP contribution is -2.04. The number of carbonyl (C=O) groups excluding carboxylic acids is 1. The predicted molar refractivity (Wildman–Crippen MR) is 143 cm³/mol. The van der Waals surface area contributed by atoms with Crippen LogP contribution < -0.4 is 16.4 Å². The third-order valence-corrected chi connectivity index (χ3v) is 4.50. The molecule has 4 N–H and O–H groups in total. The van der Waals surface area contributed by atoms with Crippen LogP contribution in [-0.2, 0) is 11.3 Å². The minimum absolute atomic E-state index is 0.603. The number of hydrogen-bond acceptors (Lipinski definition) is 4. The van der Waals surface area contributed by atoms with E-state index in [1.165, 1.54) is 0 Å². The highest BCUT2D eigenvalue weighted by Gasteiger charge is 1.97. The molecule has 0 bridgehead atoms. The van der Waals surface area contributed by atoms with Crippen LogP contribution in [0.25, 0.3) is 0 Å². The van der Waals surface area contributed by atoms with Crippen LogP contribution in [0.1, 0.15) is 25.0 Å². The Bertz CT molecular complexity index is 811. The lowest BCUT2D eigenvalue weighted by atomic mass is 10.2. The number of nitrogens with two attached hydrogens (primary N) is 1. The number of nitrogen functional groups attached to an aromatic ring is 1. The molecule has 0 aliphatic rings. The molecule has 170 valence electrons. The minimum atomic E-state index is 0.603. The van der Waals surface area contributed by atoms with Gasteiger partial charge in [0.2, 0.25) is 6.41 Å². The summed E-state index contributed by atoms with van der Waals surface area (Å²) < 4.78 is 0. The van der Waals surface area contributed by atoms with E-state index in [1.54, 1.807) is 41.4 Å². The Labute approximate surface area is 201 Å². The summed E-state index contributed by atoms with van der Waals surface area (Å²) in [5.74, 6) is 0. The van der Waals surface area contributed by atoms with Crippen LogP contribution in [-0.4, -0.2) is 13.5 Å². The van der Waals surface area contributed by atoms with Crippen LogP contribution in [0.4, 0.5) is 11.4 Å². The zero-order chi connectivity index (χ0) is 24.1. The molecule has 2 aromatic rings. The molecule has 0 saturated carbocycles. The van der Waals surface area contributed by atoms with Crippen LogP contribution >= 0.6 is 35.0 Å². The number of benzene rings is 2. The summed E-state index contributed by atoms with van der Waals surface area (Å²) in [4.78, 5) is 10.0. The van der Waals surface area contributed by atoms with Gasteiger partial charge in [-0.1, -0.05) is 68.4 Å². The van der Waals surface area contributed by atoms with Crippen molar-refractivity contribution in [2.45, 2.75) is 27.3 Å². The number of halogens is 2. The number of anilines is 2. The Morgan fingerprint density at radius 2 is 1.77 bits per heavy atom. The Balaban J connectivity index is 0. The van der Waals surface area contributed by atoms with Gasteiger partial charge in [-0.3, -0.25) is 4.79 Å². The average molecular weight is 483 g/mol. The van der Waals surface area contributed by atoms with E-state index in [0.29, 0.717) is 16.5 Å². The third kappa shape index (κ3) is 16.2. The van der Waals surface area contributed by atoms with Crippen molar-refractivity contribution in [2.24, 2.45) is 0 Å². The number of thioether (sulfide) groups is 1. The van der Waals surface area contributed by atoms with Gasteiger partial charge < -0.3 is 16.4 Å². The smallest absolute Gasteiger partial charge is 0.211 e. The average Bonchev–Trinajstić information content (AvgIpc) is 2.77. The number of aryl methyl sites for hydroxylation is 1. The SMILES string of the molecule is C=C/C=C/SC=C.CC.CNCc1ccc(Cl)c(Cl)c1.Cc1cc(NC=O)ccc1N. The van der Waals surface area contributed by atoms with Crippen molar-refractivity contribution in [1.29, 1.82) is 0 Å². The summed E-state index contributed by atoms with van der Waals surface area (Å²) in [7, 11) is 1.89. The Hall–Kier alpha value is -2.18. The van der Waals surface area contributed by atoms with E-state index in [9.17, 15) is 4.79 Å². The molecular weight excluding hydrogens is 449 g/mol. The standard InChI is InChI=1S/C8H9Cl2N.C8H10N2O.C6H8S.C2H6/c1-11-5-6-2-3-7(9)8(10)4-6;1-6-4-7(10-5-11)2-3-8(6)9;1-3-5-6-7-4-2;1-2/h2-4,11H,5H2,1H3;2-5H,9H2,1H3,(H,10,11);3-6H,1-2H2;1-2H3/b;;6-5+;. The van der Waals surface area contributed by atoms with Crippen LogP contribution in [0, 0.1) is 6.92 Å². The summed E-state index contributed by atoms with van der Waals surface area (Å²) in [5.41, 5.74) is 9.19. The van der Waals surface area contributed by atoms with Crippen LogP contribution in [0.5, 0.6) is 0 Å². The van der Waals surface area contributed by atoms with Gasteiger partial charge in [-0.05, 0) is 66.2 Å². The van der Waals surface area contributed by atoms with Crippen LogP contribution in [0.3, 0.4) is 0 Å². The molecule has 0 saturated heterocycles. The number of carbonyl (C=O) groups is 1. The van der Waals surface area contributed by atoms with Gasteiger partial charge in [-0.2, -0.15) is 0 Å². The van der Waals surface area contributed by atoms with Gasteiger partial charge in [0.15, 0.2) is 0 Å². The monoisotopic (exact) mass is 481 g/mol. The van der Waals surface area contributed by atoms with Gasteiger partial charge >= 0.3 is 0 Å². The maximum Gasteiger partial charge on any atom is 0.211 e. The quantitative estimate of drug-likeness (QED) is 0.218. The van der Waals surface area contributed by atoms with Crippen molar-refractivity contribution in [3.05, 3.63) is 93.7 Å². The fourth-order valence-corrected chi connectivity index (χ4v) is 2.48. The summed E-state index contributed by atoms with van der Waals surface area (Å²) in [5, 5.41) is 10.5. The van der Waals surface area contributed by atoms with E-state index in [4.69, 9.17) is 28.9 Å². The molecule has 0 fully saturated rings. The summed E-state index contributed by atoms with van der Waals surface area (Å²) in [6.07, 6.45) is 4.24. The summed E-state index contributed by atoms with van der Waals surface area (Å²) in [6, 6.07) is 11.0. The van der Waals surface area contributed by atoms with Gasteiger partial charge in [0, 0.05) is 17.9 Å². The molecule has 1 amide bonds. The second-order valence-corrected chi connectivity index (χ2v) is 7.17. The molecule has 2 aromatic carbocycles. The van der Waals surface area contributed by atoms with Gasteiger partial charge in [0.25, 0.3) is 0 Å². The van der Waals surface area contributed by atoms with Crippen molar-refractivity contribution in [3.63, 3.8) is 0 Å². The molecule has 4 nitrogen and oxygen atoms in total. The maximum absolute atomic E-state index is 10.0. The molecular formula is C24H33Cl2N3OS. The molecule has 2 rings (SSSR count). The van der Waals surface area contributed by atoms with Gasteiger partial charge in [0.05, 0.1) is 10.0 Å². The topological polar surface area (TPSA) is 67.1 Å². The normalized spacial score (nSPS) is 9.10. The van der Waals surface area contributed by atoms with Crippen molar-refractivity contribution < 1.29 is 4.79 Å². The van der Waals surface area contributed by atoms with Crippen molar-refractivity contribution in [1.82, 2.24) is 5.32 Å². The first-order chi connectivity index (χ1) is 14.9. The molecule has 0 radical (unpaired) electrons. The molecule has 0 aliphatic carbocycles. The number of rotatable bonds is 7. The van der Waals surface area contributed by atoms with Crippen LogP contribution in [0.2, 0.25) is 10.0 Å². The van der Waals surface area contributed by atoms with E-state index >= 15 is 0 Å². The van der Waals surface area contributed by atoms with E-state index in [2.05, 4.69) is 23.8 Å². The molecule has 7 heteroatoms. The highest BCUT2D eigenvalue weighted by atomic mass is 35.5. The first-order valence-corrected chi connectivity index (χ1v) is 11.3. The Morgan fingerprint density at radius 3 is 2.26 bits per heavy atom. The molecule has 0 atom stereocenters. The lowest BCUT2D eigenvalue weighted by Gasteiger charge is -2.02. The fraction of sp³-hybridized carbons (Fsp3) is 0.208. The molecule has 31 heavy (non-hydrogen) atoms. The first-order valence-electron chi connectivity index (χ1n) is 9.58. The number of nitrogens with one attached hydrogen (secondary N) is 2. The Kier molecular flexibility index (Phi) is 21.1. The first kappa shape index (κ1) is 31.0. The molecule has 0 spiro atoms. The van der Waals surface area contributed by atoms with E-state index in [0.717, 1.165) is 29.0 Å². The lowest BCUT2D eigenvalue weighted by molar-refractivity contribution is -0.105. The van der Waals surface area contributed by atoms with Crippen molar-refractivity contribution in [3.8, 4) is 0 Å². The van der Waals surface area contributed by atoms with Gasteiger partial charge in [-0.25, -0.2) is 0 Å². The highest BCUT2D eigenvalue weighted by Crippen LogP contribution is 2.22. The molecule has 0 aliphatic heterocycles. The number of hydrogen-bond donors (Lipinski definition) is 3. The fourth-order valence-electron chi connectivity index (χ4n) is 1.84. The molecule has 0 unspecified atom stereocenters. The summed E-state index contributed by atoms with van der Waals surface area (Å²) >= 11 is 13.1. The van der Waals surface area contributed by atoms with Gasteiger partial charge in [0.1, 0.15) is 0 Å². The number of allylic oxidation sites excluding steroid dienone is 2. The highest BCUT2D eigenvalue weighted by molar-refractivity contribution is 8.04. The zero-order valence-corrected chi connectivity index (χ0v) is 21.0. The van der Waals surface area contributed by atoms with E-state index < -0.39 is 0 Å². The molecule has 0 heterocycles. The predicted octanol–water partition coefficient (Wildman–Crippen LogP) is 7.45. The summed E-state index contributed by atoms with van der Waals surface area (Å²) in [6.45, 7) is 13.7. The number of amides is 1. The third-order valence-electron chi connectivity index (χ3n) is 3.25. The second kappa shape index (κ2) is 21.1. The van der Waals surface area contributed by atoms with Gasteiger partial charge in [-0.15, -0.1) is 11.8 Å². The van der Waals surface area contributed by atoms with E-state index in [-0.39, 0.29) is 0 Å². The largest absolute Gasteiger partial charge is 0.399 e. The van der Waals surface area contributed by atoms with E-state index in [1.807, 2.05) is 57.5 Å². The van der Waals surface area contributed by atoms with Crippen LogP contribution in [0.15, 0.2) is 72.5 Å². The second-order valence-electron chi connectivity index (χ2n) is 5.48. The maximum atomic E-state index is 10.0. The van der Waals surface area contributed by atoms with Crippen molar-refractivity contribution in [2.75, 3.05) is 18.1 Å². The zero-order valence-electron chi connectivity index (χ0n) is 18.6. The minimum Gasteiger partial charge on any atom is -0.399 e.